The van der Waals surface area contributed by atoms with Crippen LogP contribution in [0.2, 0.25) is 0 Å². The Morgan fingerprint density at radius 2 is 1.53 bits per heavy atom. The zero-order chi connectivity index (χ0) is 27.9. The van der Waals surface area contributed by atoms with Gasteiger partial charge in [-0.05, 0) is 67.6 Å². The molecule has 3 aromatic carbocycles. The number of ether oxygens (including phenoxy) is 3. The van der Waals surface area contributed by atoms with Crippen molar-refractivity contribution in [2.24, 2.45) is 5.10 Å². The molecule has 198 valence electrons. The van der Waals surface area contributed by atoms with Crippen LogP contribution in [0, 0.1) is 0 Å². The van der Waals surface area contributed by atoms with Crippen LogP contribution >= 0.6 is 0 Å². The Hall–Kier alpha value is -4.87. The van der Waals surface area contributed by atoms with Crippen LogP contribution in [0.1, 0.15) is 28.4 Å². The second-order valence-electron chi connectivity index (χ2n) is 7.65. The molecule has 0 saturated heterocycles. The quantitative estimate of drug-likeness (QED) is 0.154. The summed E-state index contributed by atoms with van der Waals surface area (Å²) in [7, 11) is 2.85. The lowest BCUT2D eigenvalue weighted by molar-refractivity contribution is -0.137. The van der Waals surface area contributed by atoms with E-state index in [0.29, 0.717) is 11.3 Å². The molecule has 0 aromatic heterocycles. The summed E-state index contributed by atoms with van der Waals surface area (Å²) in [5.41, 5.74) is 2.21. The molecule has 0 spiro atoms. The topological polar surface area (TPSA) is 115 Å². The zero-order valence-electron chi connectivity index (χ0n) is 20.4. The maximum Gasteiger partial charge on any atom is 0.416 e. The Bertz CT molecular complexity index is 1370. The first-order chi connectivity index (χ1) is 18.0. The van der Waals surface area contributed by atoms with Crippen molar-refractivity contribution < 1.29 is 41.8 Å². The van der Waals surface area contributed by atoms with Crippen LogP contribution in [0.5, 0.6) is 17.2 Å². The van der Waals surface area contributed by atoms with Crippen molar-refractivity contribution in [3.8, 4) is 17.2 Å². The van der Waals surface area contributed by atoms with Gasteiger partial charge >= 0.3 is 24.0 Å². The zero-order valence-corrected chi connectivity index (χ0v) is 20.4. The number of nitrogens with zero attached hydrogens (tertiary/aromatic N) is 1. The van der Waals surface area contributed by atoms with E-state index >= 15 is 0 Å². The number of rotatable bonds is 7. The molecule has 38 heavy (non-hydrogen) atoms. The molecule has 3 aromatic rings. The van der Waals surface area contributed by atoms with E-state index in [1.54, 1.807) is 31.2 Å². The number of nitrogens with one attached hydrogen (secondary N) is 2. The molecule has 2 N–H and O–H groups in total. The van der Waals surface area contributed by atoms with E-state index in [9.17, 15) is 27.6 Å². The van der Waals surface area contributed by atoms with E-state index in [1.165, 1.54) is 32.4 Å². The van der Waals surface area contributed by atoms with Crippen molar-refractivity contribution >= 4 is 29.2 Å². The van der Waals surface area contributed by atoms with Gasteiger partial charge in [-0.2, -0.15) is 18.3 Å². The van der Waals surface area contributed by atoms with Gasteiger partial charge in [0.1, 0.15) is 5.75 Å². The fourth-order valence-corrected chi connectivity index (χ4v) is 3.07. The number of benzene rings is 3. The summed E-state index contributed by atoms with van der Waals surface area (Å²) in [6.45, 7) is 1.55. The van der Waals surface area contributed by atoms with Crippen molar-refractivity contribution in [1.29, 1.82) is 0 Å². The minimum Gasteiger partial charge on any atom is -0.497 e. The van der Waals surface area contributed by atoms with Crippen LogP contribution in [0.25, 0.3) is 0 Å². The first-order valence-corrected chi connectivity index (χ1v) is 10.9. The summed E-state index contributed by atoms with van der Waals surface area (Å²) in [4.78, 5) is 36.7. The number of esters is 1. The molecule has 0 unspecified atom stereocenters. The van der Waals surface area contributed by atoms with Gasteiger partial charge in [0, 0.05) is 11.3 Å². The van der Waals surface area contributed by atoms with E-state index in [2.05, 4.69) is 15.8 Å². The van der Waals surface area contributed by atoms with Crippen molar-refractivity contribution in [2.75, 3.05) is 19.5 Å². The Morgan fingerprint density at radius 1 is 0.816 bits per heavy atom. The number of hydrogen-bond donors (Lipinski definition) is 2. The second-order valence-corrected chi connectivity index (χ2v) is 7.65. The number of halogens is 3. The smallest absolute Gasteiger partial charge is 0.416 e. The highest BCUT2D eigenvalue weighted by Gasteiger charge is 2.30. The minimum atomic E-state index is -4.52. The van der Waals surface area contributed by atoms with Crippen molar-refractivity contribution in [3.05, 3.63) is 83.4 Å². The first kappa shape index (κ1) is 27.7. The molecule has 2 amide bonds. The molecular weight excluding hydrogens is 507 g/mol. The lowest BCUT2D eigenvalue weighted by Crippen LogP contribution is -2.33. The van der Waals surface area contributed by atoms with Crippen molar-refractivity contribution in [3.63, 3.8) is 0 Å². The predicted octanol–water partition coefficient (Wildman–Crippen LogP) is 4.42. The third-order valence-corrected chi connectivity index (χ3v) is 5.09. The molecule has 12 heteroatoms. The van der Waals surface area contributed by atoms with Gasteiger partial charge in [0.2, 0.25) is 0 Å². The lowest BCUT2D eigenvalue weighted by atomic mass is 10.1. The number of alkyl halides is 3. The minimum absolute atomic E-state index is 0.00247. The average molecular weight is 529 g/mol. The summed E-state index contributed by atoms with van der Waals surface area (Å²) in [5.74, 6) is -2.06. The van der Waals surface area contributed by atoms with E-state index in [4.69, 9.17) is 14.2 Å². The summed E-state index contributed by atoms with van der Waals surface area (Å²) < 4.78 is 53.8. The largest absolute Gasteiger partial charge is 0.497 e. The Balaban J connectivity index is 1.64. The number of carbonyl (C=O) groups is 3. The number of methoxy groups -OCH3 is 2. The fourth-order valence-electron chi connectivity index (χ4n) is 3.07. The maximum absolute atomic E-state index is 12.6. The van der Waals surface area contributed by atoms with Gasteiger partial charge in [-0.15, -0.1) is 0 Å². The molecule has 0 fully saturated rings. The highest BCUT2D eigenvalue weighted by atomic mass is 19.4. The SMILES string of the molecule is COc1cccc(C(=O)Oc2ccc(/C(C)=N/NC(=O)C(=O)Nc3ccc(C(F)(F)F)cc3)cc2OC)c1. The van der Waals surface area contributed by atoms with E-state index in [-0.39, 0.29) is 28.5 Å². The van der Waals surface area contributed by atoms with Gasteiger partial charge < -0.3 is 19.5 Å². The van der Waals surface area contributed by atoms with E-state index in [1.807, 2.05) is 0 Å². The normalized spacial score (nSPS) is 11.4. The monoisotopic (exact) mass is 529 g/mol. The van der Waals surface area contributed by atoms with Gasteiger partial charge in [0.25, 0.3) is 0 Å². The summed E-state index contributed by atoms with van der Waals surface area (Å²) in [6.07, 6.45) is -4.52. The second kappa shape index (κ2) is 11.9. The number of amides is 2. The summed E-state index contributed by atoms with van der Waals surface area (Å²) in [6, 6.07) is 14.6. The number of hydrogen-bond acceptors (Lipinski definition) is 7. The van der Waals surface area contributed by atoms with Crippen LogP contribution in [0.15, 0.2) is 71.8 Å². The van der Waals surface area contributed by atoms with Gasteiger partial charge in [-0.25, -0.2) is 10.2 Å². The molecule has 0 aliphatic rings. The lowest BCUT2D eigenvalue weighted by Gasteiger charge is -2.11. The van der Waals surface area contributed by atoms with Crippen molar-refractivity contribution in [2.45, 2.75) is 13.1 Å². The van der Waals surface area contributed by atoms with Crippen LogP contribution in [-0.2, 0) is 15.8 Å². The Kier molecular flexibility index (Phi) is 8.69. The summed E-state index contributed by atoms with van der Waals surface area (Å²) in [5, 5.41) is 6.05. The molecule has 0 aliphatic heterocycles. The number of carbonyl (C=O) groups excluding carboxylic acids is 3. The van der Waals surface area contributed by atoms with Crippen LogP contribution in [-0.4, -0.2) is 37.7 Å². The molecule has 0 bridgehead atoms. The van der Waals surface area contributed by atoms with Gasteiger partial charge in [-0.3, -0.25) is 9.59 Å². The molecule has 0 heterocycles. The molecule has 3 rings (SSSR count). The molecule has 0 atom stereocenters. The average Bonchev–Trinajstić information content (AvgIpc) is 2.91. The summed E-state index contributed by atoms with van der Waals surface area (Å²) >= 11 is 0. The predicted molar refractivity (Wildman–Crippen MR) is 131 cm³/mol. The highest BCUT2D eigenvalue weighted by Crippen LogP contribution is 2.30. The number of hydrazone groups is 1. The first-order valence-electron chi connectivity index (χ1n) is 10.9. The molecule has 0 radical (unpaired) electrons. The highest BCUT2D eigenvalue weighted by molar-refractivity contribution is 6.39. The molecule has 0 saturated carbocycles. The molecular formula is C26H22F3N3O6. The Labute approximate surface area is 215 Å². The Morgan fingerprint density at radius 3 is 2.16 bits per heavy atom. The van der Waals surface area contributed by atoms with E-state index < -0.39 is 29.5 Å². The maximum atomic E-state index is 12.6. The van der Waals surface area contributed by atoms with Gasteiger partial charge in [0.15, 0.2) is 11.5 Å². The van der Waals surface area contributed by atoms with E-state index in [0.717, 1.165) is 24.3 Å². The molecule has 0 aliphatic carbocycles. The number of anilines is 1. The van der Waals surface area contributed by atoms with Gasteiger partial charge in [0.05, 0.1) is 31.1 Å². The van der Waals surface area contributed by atoms with Crippen molar-refractivity contribution in [1.82, 2.24) is 5.43 Å². The van der Waals surface area contributed by atoms with Crippen LogP contribution in [0.3, 0.4) is 0 Å². The third-order valence-electron chi connectivity index (χ3n) is 5.09. The van der Waals surface area contributed by atoms with Crippen LogP contribution < -0.4 is 25.0 Å². The fraction of sp³-hybridized carbons (Fsp3) is 0.154. The third kappa shape index (κ3) is 7.09. The van der Waals surface area contributed by atoms with Gasteiger partial charge in [-0.1, -0.05) is 6.07 Å². The molecule has 9 nitrogen and oxygen atoms in total. The standard InChI is InChI=1S/C26H22F3N3O6/c1-15(31-32-24(34)23(33)30-19-10-8-18(9-11-19)26(27,28)29)16-7-12-21(22(14-16)37-3)38-25(35)17-5-4-6-20(13-17)36-2/h4-14H,1-3H3,(H,30,33)(H,32,34)/b31-15+. The van der Waals surface area contributed by atoms with Crippen LogP contribution in [0.4, 0.5) is 18.9 Å².